The van der Waals surface area contributed by atoms with Gasteiger partial charge in [0, 0.05) is 23.2 Å². The second-order valence-electron chi connectivity index (χ2n) is 5.49. The number of aliphatic hydroxyl groups excluding tert-OH is 1. The molecule has 5 heteroatoms. The van der Waals surface area contributed by atoms with Gasteiger partial charge < -0.3 is 10.0 Å². The van der Waals surface area contributed by atoms with E-state index in [9.17, 15) is 9.90 Å². The molecule has 0 spiro atoms. The number of hydrogen-bond donors (Lipinski definition) is 1. The highest BCUT2D eigenvalue weighted by Crippen LogP contribution is 2.35. The quantitative estimate of drug-likeness (QED) is 0.715. The van der Waals surface area contributed by atoms with Gasteiger partial charge in [0.1, 0.15) is 4.88 Å². The van der Waals surface area contributed by atoms with Crippen LogP contribution in [0.15, 0.2) is 54.6 Å². The average molecular weight is 360 g/mol. The standard InChI is InChI=1S/C19H18ClNO2S/c20-17-15-8-4-5-9-16(15)24-18(17)19(23)21(12-13-22)11-10-14-6-2-1-3-7-14/h1-9,22H,10-13H2. The van der Waals surface area contributed by atoms with Gasteiger partial charge in [-0.25, -0.2) is 0 Å². The highest BCUT2D eigenvalue weighted by Gasteiger charge is 2.22. The molecule has 1 amide bonds. The summed E-state index contributed by atoms with van der Waals surface area (Å²) in [5, 5.41) is 10.7. The molecule has 1 aromatic heterocycles. The van der Waals surface area contributed by atoms with E-state index < -0.39 is 0 Å². The Morgan fingerprint density at radius 3 is 2.46 bits per heavy atom. The SMILES string of the molecule is O=C(c1sc2ccccc2c1Cl)N(CCO)CCc1ccccc1. The fourth-order valence-electron chi connectivity index (χ4n) is 2.64. The molecule has 0 aliphatic rings. The zero-order chi connectivity index (χ0) is 16.9. The number of aliphatic hydroxyl groups is 1. The van der Waals surface area contributed by atoms with Crippen molar-refractivity contribution in [1.29, 1.82) is 0 Å². The molecule has 0 saturated heterocycles. The highest BCUT2D eigenvalue weighted by atomic mass is 35.5. The van der Waals surface area contributed by atoms with Gasteiger partial charge in [-0.3, -0.25) is 4.79 Å². The Morgan fingerprint density at radius 2 is 1.75 bits per heavy atom. The van der Waals surface area contributed by atoms with Crippen LogP contribution in [0.4, 0.5) is 0 Å². The Kier molecular flexibility index (Phi) is 5.51. The molecule has 1 heterocycles. The summed E-state index contributed by atoms with van der Waals surface area (Å²) in [4.78, 5) is 15.1. The van der Waals surface area contributed by atoms with E-state index in [1.165, 1.54) is 11.3 Å². The molecule has 24 heavy (non-hydrogen) atoms. The average Bonchev–Trinajstić information content (AvgIpc) is 2.96. The molecule has 0 fully saturated rings. The molecule has 1 N–H and O–H groups in total. The zero-order valence-electron chi connectivity index (χ0n) is 13.1. The van der Waals surface area contributed by atoms with Crippen LogP contribution in [0.3, 0.4) is 0 Å². The number of carbonyl (C=O) groups is 1. The minimum Gasteiger partial charge on any atom is -0.395 e. The first kappa shape index (κ1) is 17.0. The van der Waals surface area contributed by atoms with Crippen LogP contribution in [0.5, 0.6) is 0 Å². The fraction of sp³-hybridized carbons (Fsp3) is 0.211. The number of thiophene rings is 1. The normalized spacial score (nSPS) is 10.9. The van der Waals surface area contributed by atoms with E-state index in [2.05, 4.69) is 0 Å². The maximum absolute atomic E-state index is 12.9. The Labute approximate surface area is 150 Å². The molecule has 124 valence electrons. The van der Waals surface area contributed by atoms with Crippen LogP contribution in [0.1, 0.15) is 15.2 Å². The number of carbonyl (C=O) groups excluding carboxylic acids is 1. The van der Waals surface area contributed by atoms with Gasteiger partial charge in [0.15, 0.2) is 0 Å². The number of rotatable bonds is 6. The summed E-state index contributed by atoms with van der Waals surface area (Å²) in [6.45, 7) is 0.785. The Hall–Kier alpha value is -1.88. The molecule has 0 bridgehead atoms. The van der Waals surface area contributed by atoms with Crippen molar-refractivity contribution in [3.05, 3.63) is 70.1 Å². The molecule has 0 radical (unpaired) electrons. The summed E-state index contributed by atoms with van der Waals surface area (Å²) in [7, 11) is 0. The summed E-state index contributed by atoms with van der Waals surface area (Å²) < 4.78 is 0.998. The van der Waals surface area contributed by atoms with Crippen molar-refractivity contribution in [3.63, 3.8) is 0 Å². The molecule has 0 atom stereocenters. The maximum atomic E-state index is 12.9. The molecule has 2 aromatic carbocycles. The summed E-state index contributed by atoms with van der Waals surface area (Å²) in [5.41, 5.74) is 1.16. The van der Waals surface area contributed by atoms with Gasteiger partial charge in [-0.05, 0) is 18.1 Å². The summed E-state index contributed by atoms with van der Waals surface area (Å²) in [5.74, 6) is -0.119. The molecule has 0 saturated carbocycles. The lowest BCUT2D eigenvalue weighted by atomic mass is 10.1. The predicted molar refractivity (Wildman–Crippen MR) is 100.0 cm³/mol. The second kappa shape index (κ2) is 7.79. The third kappa shape index (κ3) is 3.61. The van der Waals surface area contributed by atoms with Crippen LogP contribution in [-0.2, 0) is 6.42 Å². The van der Waals surface area contributed by atoms with Crippen molar-refractivity contribution in [3.8, 4) is 0 Å². The van der Waals surface area contributed by atoms with Gasteiger partial charge in [-0.1, -0.05) is 60.1 Å². The van der Waals surface area contributed by atoms with Crippen LogP contribution in [0, 0.1) is 0 Å². The third-order valence-electron chi connectivity index (χ3n) is 3.90. The zero-order valence-corrected chi connectivity index (χ0v) is 14.7. The summed E-state index contributed by atoms with van der Waals surface area (Å²) in [6, 6.07) is 17.7. The lowest BCUT2D eigenvalue weighted by Crippen LogP contribution is -2.35. The number of nitrogens with zero attached hydrogens (tertiary/aromatic N) is 1. The van der Waals surface area contributed by atoms with E-state index in [1.54, 1.807) is 4.90 Å². The van der Waals surface area contributed by atoms with E-state index in [0.717, 1.165) is 22.1 Å². The van der Waals surface area contributed by atoms with Crippen LogP contribution in [0.2, 0.25) is 5.02 Å². The van der Waals surface area contributed by atoms with Crippen molar-refractivity contribution in [1.82, 2.24) is 4.90 Å². The first-order valence-corrected chi connectivity index (χ1v) is 9.01. The topological polar surface area (TPSA) is 40.5 Å². The minimum atomic E-state index is -0.119. The van der Waals surface area contributed by atoms with E-state index in [4.69, 9.17) is 11.6 Å². The minimum absolute atomic E-state index is 0.0664. The molecule has 0 unspecified atom stereocenters. The largest absolute Gasteiger partial charge is 0.395 e. The van der Waals surface area contributed by atoms with Gasteiger partial charge in [0.05, 0.1) is 11.6 Å². The van der Waals surface area contributed by atoms with Crippen LogP contribution >= 0.6 is 22.9 Å². The molecule has 3 nitrogen and oxygen atoms in total. The first-order chi connectivity index (χ1) is 11.7. The number of benzene rings is 2. The number of amides is 1. The van der Waals surface area contributed by atoms with E-state index in [-0.39, 0.29) is 12.5 Å². The lowest BCUT2D eigenvalue weighted by molar-refractivity contribution is 0.0729. The molecular formula is C19H18ClNO2S. The molecule has 0 aliphatic heterocycles. The second-order valence-corrected chi connectivity index (χ2v) is 6.92. The monoisotopic (exact) mass is 359 g/mol. The highest BCUT2D eigenvalue weighted by molar-refractivity contribution is 7.21. The molecular weight excluding hydrogens is 342 g/mol. The van der Waals surface area contributed by atoms with Gasteiger partial charge in [0.2, 0.25) is 0 Å². The number of fused-ring (bicyclic) bond motifs is 1. The van der Waals surface area contributed by atoms with E-state index in [0.29, 0.717) is 23.0 Å². The Balaban J connectivity index is 1.81. The van der Waals surface area contributed by atoms with Gasteiger partial charge in [-0.2, -0.15) is 0 Å². The van der Waals surface area contributed by atoms with Crippen LogP contribution in [-0.4, -0.2) is 35.6 Å². The van der Waals surface area contributed by atoms with Crippen molar-refractivity contribution in [2.45, 2.75) is 6.42 Å². The number of halogens is 1. The van der Waals surface area contributed by atoms with Crippen molar-refractivity contribution >= 4 is 38.9 Å². The number of hydrogen-bond acceptors (Lipinski definition) is 3. The Bertz CT molecular complexity index is 832. The maximum Gasteiger partial charge on any atom is 0.265 e. The third-order valence-corrected chi connectivity index (χ3v) is 5.56. The smallest absolute Gasteiger partial charge is 0.265 e. The molecule has 3 aromatic rings. The summed E-state index contributed by atoms with van der Waals surface area (Å²) >= 11 is 7.82. The summed E-state index contributed by atoms with van der Waals surface area (Å²) in [6.07, 6.45) is 0.745. The van der Waals surface area contributed by atoms with Crippen LogP contribution < -0.4 is 0 Å². The van der Waals surface area contributed by atoms with Crippen molar-refractivity contribution < 1.29 is 9.90 Å². The molecule has 3 rings (SSSR count). The predicted octanol–water partition coefficient (Wildman–Crippen LogP) is 4.23. The fourth-order valence-corrected chi connectivity index (χ4v) is 4.12. The van der Waals surface area contributed by atoms with Crippen molar-refractivity contribution in [2.75, 3.05) is 19.7 Å². The van der Waals surface area contributed by atoms with Gasteiger partial charge in [0.25, 0.3) is 5.91 Å². The van der Waals surface area contributed by atoms with E-state index in [1.807, 2.05) is 54.6 Å². The lowest BCUT2D eigenvalue weighted by Gasteiger charge is -2.21. The first-order valence-electron chi connectivity index (χ1n) is 7.82. The van der Waals surface area contributed by atoms with Crippen molar-refractivity contribution in [2.24, 2.45) is 0 Å². The Morgan fingerprint density at radius 1 is 1.04 bits per heavy atom. The van der Waals surface area contributed by atoms with Crippen LogP contribution in [0.25, 0.3) is 10.1 Å². The molecule has 0 aliphatic carbocycles. The van der Waals surface area contributed by atoms with Gasteiger partial charge >= 0.3 is 0 Å². The van der Waals surface area contributed by atoms with Gasteiger partial charge in [-0.15, -0.1) is 11.3 Å². The van der Waals surface area contributed by atoms with E-state index >= 15 is 0 Å².